The van der Waals surface area contributed by atoms with Gasteiger partial charge in [-0.05, 0) is 30.7 Å². The highest BCUT2D eigenvalue weighted by molar-refractivity contribution is 6.08. The topological polar surface area (TPSA) is 69.4 Å². The van der Waals surface area contributed by atoms with Gasteiger partial charge in [-0.3, -0.25) is 14.9 Å². The maximum Gasteiger partial charge on any atom is 0.276 e. The van der Waals surface area contributed by atoms with Gasteiger partial charge in [-0.2, -0.15) is 0 Å². The van der Waals surface area contributed by atoms with Gasteiger partial charge < -0.3 is 4.74 Å². The Hall–Kier alpha value is -2.69. The van der Waals surface area contributed by atoms with Gasteiger partial charge in [0.2, 0.25) is 0 Å². The molecule has 1 aliphatic rings. The molecule has 108 valence electrons. The first-order chi connectivity index (χ1) is 10.1. The Morgan fingerprint density at radius 1 is 1.38 bits per heavy atom. The fourth-order valence-corrected chi connectivity index (χ4v) is 2.06. The molecule has 5 heteroatoms. The van der Waals surface area contributed by atoms with Crippen molar-refractivity contribution in [3.05, 3.63) is 69.5 Å². The number of benzene rings is 1. The maximum atomic E-state index is 12.1. The highest BCUT2D eigenvalue weighted by Crippen LogP contribution is 2.21. The highest BCUT2D eigenvalue weighted by Gasteiger charge is 2.12. The molecule has 0 heterocycles. The normalized spacial score (nSPS) is 14.5. The summed E-state index contributed by atoms with van der Waals surface area (Å²) in [7, 11) is 1.57. The maximum absolute atomic E-state index is 12.1. The minimum absolute atomic E-state index is 0.0210. The molecule has 0 amide bonds. The lowest BCUT2D eigenvalue weighted by atomic mass is 10.0. The van der Waals surface area contributed by atoms with E-state index in [1.165, 1.54) is 18.2 Å². The number of nitrogens with zero attached hydrogens (tertiary/aromatic N) is 1. The monoisotopic (exact) mass is 285 g/mol. The van der Waals surface area contributed by atoms with Crippen molar-refractivity contribution in [3.8, 4) is 0 Å². The minimum atomic E-state index is -0.465. The fraction of sp³-hybridized carbons (Fsp3) is 0.188. The van der Waals surface area contributed by atoms with Gasteiger partial charge in [0.05, 0.1) is 23.4 Å². The molecule has 0 aromatic heterocycles. The minimum Gasteiger partial charge on any atom is -0.501 e. The standard InChI is InChI=1S/C16H15NO4/c1-21-14-7-4-6-13(11-14)16(18)10-9-12-5-2-3-8-15(12)17(19)20/h2-3,5-6,8-11H,4,7H2,1H3/b10-9+. The third-order valence-corrected chi connectivity index (χ3v) is 3.17. The zero-order chi connectivity index (χ0) is 15.2. The number of hydrogen-bond donors (Lipinski definition) is 0. The molecule has 0 N–H and O–H groups in total. The Labute approximate surface area is 122 Å². The summed E-state index contributed by atoms with van der Waals surface area (Å²) in [4.78, 5) is 22.5. The van der Waals surface area contributed by atoms with Crippen molar-refractivity contribution in [1.29, 1.82) is 0 Å². The number of carbonyl (C=O) groups is 1. The van der Waals surface area contributed by atoms with Crippen LogP contribution in [0.25, 0.3) is 6.08 Å². The van der Waals surface area contributed by atoms with Gasteiger partial charge in [0.15, 0.2) is 5.78 Å². The van der Waals surface area contributed by atoms with E-state index in [9.17, 15) is 14.9 Å². The van der Waals surface area contributed by atoms with E-state index in [1.54, 1.807) is 31.4 Å². The molecule has 0 saturated heterocycles. The predicted octanol–water partition coefficient (Wildman–Crippen LogP) is 3.43. The Balaban J connectivity index is 2.19. The van der Waals surface area contributed by atoms with Crippen LogP contribution in [0.1, 0.15) is 18.4 Å². The molecule has 0 saturated carbocycles. The van der Waals surface area contributed by atoms with Crippen LogP contribution >= 0.6 is 0 Å². The third-order valence-electron chi connectivity index (χ3n) is 3.17. The molecule has 21 heavy (non-hydrogen) atoms. The van der Waals surface area contributed by atoms with Gasteiger partial charge in [-0.1, -0.05) is 18.2 Å². The van der Waals surface area contributed by atoms with Crippen LogP contribution in [0.3, 0.4) is 0 Å². The van der Waals surface area contributed by atoms with E-state index in [4.69, 9.17) is 4.74 Å². The first-order valence-corrected chi connectivity index (χ1v) is 6.52. The van der Waals surface area contributed by atoms with Gasteiger partial charge in [-0.25, -0.2) is 0 Å². The molecule has 1 aliphatic carbocycles. The number of allylic oxidation sites excluding steroid dienone is 5. The molecule has 0 fully saturated rings. The van der Waals surface area contributed by atoms with Crippen molar-refractivity contribution in [1.82, 2.24) is 0 Å². The number of ketones is 1. The fourth-order valence-electron chi connectivity index (χ4n) is 2.06. The van der Waals surface area contributed by atoms with Crippen LogP contribution in [0.5, 0.6) is 0 Å². The Morgan fingerprint density at radius 3 is 2.86 bits per heavy atom. The molecule has 1 aromatic carbocycles. The average molecular weight is 285 g/mol. The molecule has 5 nitrogen and oxygen atoms in total. The number of hydrogen-bond acceptors (Lipinski definition) is 4. The molecule has 0 aliphatic heterocycles. The van der Waals surface area contributed by atoms with Gasteiger partial charge in [0.1, 0.15) is 0 Å². The average Bonchev–Trinajstić information content (AvgIpc) is 2.52. The summed E-state index contributed by atoms with van der Waals surface area (Å²) in [5.74, 6) is 0.572. The van der Waals surface area contributed by atoms with Crippen molar-refractivity contribution >= 4 is 17.5 Å². The quantitative estimate of drug-likeness (QED) is 0.472. The molecular weight excluding hydrogens is 270 g/mol. The van der Waals surface area contributed by atoms with E-state index in [0.29, 0.717) is 11.1 Å². The predicted molar refractivity (Wildman–Crippen MR) is 79.5 cm³/mol. The number of nitro groups is 1. The van der Waals surface area contributed by atoms with Gasteiger partial charge in [-0.15, -0.1) is 0 Å². The summed E-state index contributed by atoms with van der Waals surface area (Å²) in [6.45, 7) is 0. The molecule has 0 bridgehead atoms. The van der Waals surface area contributed by atoms with E-state index in [2.05, 4.69) is 0 Å². The summed E-state index contributed by atoms with van der Waals surface area (Å²) >= 11 is 0. The number of nitro benzene ring substituents is 1. The van der Waals surface area contributed by atoms with Gasteiger partial charge >= 0.3 is 0 Å². The second-order valence-corrected chi connectivity index (χ2v) is 4.53. The smallest absolute Gasteiger partial charge is 0.276 e. The van der Waals surface area contributed by atoms with Crippen LogP contribution in [0.15, 0.2) is 53.8 Å². The molecule has 0 atom stereocenters. The van der Waals surface area contributed by atoms with E-state index in [0.717, 1.165) is 18.6 Å². The summed E-state index contributed by atoms with van der Waals surface area (Å²) < 4.78 is 5.14. The first kappa shape index (κ1) is 14.7. The van der Waals surface area contributed by atoms with Crippen molar-refractivity contribution < 1.29 is 14.5 Å². The summed E-state index contributed by atoms with van der Waals surface area (Å²) in [6.07, 6.45) is 7.89. The van der Waals surface area contributed by atoms with Crippen LogP contribution in [-0.4, -0.2) is 17.8 Å². The first-order valence-electron chi connectivity index (χ1n) is 6.52. The Morgan fingerprint density at radius 2 is 2.14 bits per heavy atom. The lowest BCUT2D eigenvalue weighted by Crippen LogP contribution is -2.02. The molecular formula is C16H15NO4. The highest BCUT2D eigenvalue weighted by atomic mass is 16.6. The summed E-state index contributed by atoms with van der Waals surface area (Å²) in [6, 6.07) is 6.30. The number of methoxy groups -OCH3 is 1. The number of carbonyl (C=O) groups excluding carboxylic acids is 1. The summed E-state index contributed by atoms with van der Waals surface area (Å²) in [5, 5.41) is 10.9. The third kappa shape index (κ3) is 3.66. The van der Waals surface area contributed by atoms with Crippen molar-refractivity contribution in [2.45, 2.75) is 12.8 Å². The molecule has 0 radical (unpaired) electrons. The van der Waals surface area contributed by atoms with E-state index in [1.807, 2.05) is 6.08 Å². The second-order valence-electron chi connectivity index (χ2n) is 4.53. The number of para-hydroxylation sites is 1. The van der Waals surface area contributed by atoms with Crippen LogP contribution in [0.2, 0.25) is 0 Å². The van der Waals surface area contributed by atoms with Crippen molar-refractivity contribution in [2.75, 3.05) is 7.11 Å². The van der Waals surface area contributed by atoms with E-state index >= 15 is 0 Å². The van der Waals surface area contributed by atoms with E-state index < -0.39 is 4.92 Å². The second kappa shape index (κ2) is 6.65. The number of ether oxygens (including phenoxy) is 1. The molecule has 0 unspecified atom stereocenters. The van der Waals surface area contributed by atoms with Crippen LogP contribution in [0.4, 0.5) is 5.69 Å². The van der Waals surface area contributed by atoms with Gasteiger partial charge in [0.25, 0.3) is 5.69 Å². The lowest BCUT2D eigenvalue weighted by Gasteiger charge is -2.10. The zero-order valence-electron chi connectivity index (χ0n) is 11.6. The van der Waals surface area contributed by atoms with Gasteiger partial charge in [0, 0.05) is 18.1 Å². The largest absolute Gasteiger partial charge is 0.501 e. The van der Waals surface area contributed by atoms with Crippen molar-refractivity contribution in [2.24, 2.45) is 0 Å². The molecule has 0 spiro atoms. The van der Waals surface area contributed by atoms with E-state index in [-0.39, 0.29) is 11.5 Å². The zero-order valence-corrected chi connectivity index (χ0v) is 11.6. The number of rotatable bonds is 5. The van der Waals surface area contributed by atoms with Crippen LogP contribution < -0.4 is 0 Å². The SMILES string of the molecule is COC1=CC(C(=O)/C=C/c2ccccc2[N+](=O)[O-])=CCC1. The Bertz CT molecular complexity index is 656. The molecule has 2 rings (SSSR count). The lowest BCUT2D eigenvalue weighted by molar-refractivity contribution is -0.385. The Kier molecular flexibility index (Phi) is 4.66. The van der Waals surface area contributed by atoms with Crippen LogP contribution in [0, 0.1) is 10.1 Å². The van der Waals surface area contributed by atoms with Crippen molar-refractivity contribution in [3.63, 3.8) is 0 Å². The molecule has 1 aromatic rings. The van der Waals surface area contributed by atoms with Crippen LogP contribution in [-0.2, 0) is 9.53 Å². The summed E-state index contributed by atoms with van der Waals surface area (Å²) in [5.41, 5.74) is 0.934.